The molecule has 0 aromatic heterocycles. The van der Waals surface area contributed by atoms with Gasteiger partial charge in [-0.3, -0.25) is 0 Å². The Morgan fingerprint density at radius 2 is 1.92 bits per heavy atom. The van der Waals surface area contributed by atoms with Gasteiger partial charge in [-0.05, 0) is 33.5 Å². The molecule has 0 spiro atoms. The van der Waals surface area contributed by atoms with Crippen molar-refractivity contribution in [2.75, 3.05) is 32.9 Å². The van der Waals surface area contributed by atoms with Gasteiger partial charge in [0.15, 0.2) is 0 Å². The van der Waals surface area contributed by atoms with Crippen molar-refractivity contribution >= 4 is 10.0 Å². The standard InChI is InChI=1S/C8H20N2O2S/c1-4-8-13(11,12)9-6-5-7-10(2)3/h9H,4-8H2,1-3H3. The Hall–Kier alpha value is -0.130. The minimum absolute atomic E-state index is 0.231. The monoisotopic (exact) mass is 208 g/mol. The molecule has 0 aliphatic rings. The van der Waals surface area contributed by atoms with Crippen molar-refractivity contribution in [1.29, 1.82) is 0 Å². The van der Waals surface area contributed by atoms with Crippen molar-refractivity contribution in [2.24, 2.45) is 0 Å². The molecule has 0 aliphatic carbocycles. The maximum atomic E-state index is 11.2. The van der Waals surface area contributed by atoms with Crippen LogP contribution in [0, 0.1) is 0 Å². The zero-order valence-electron chi connectivity index (χ0n) is 8.71. The molecule has 0 saturated carbocycles. The fourth-order valence-corrected chi connectivity index (χ4v) is 2.10. The highest BCUT2D eigenvalue weighted by Gasteiger charge is 2.06. The Labute approximate surface area is 81.4 Å². The Morgan fingerprint density at radius 1 is 1.31 bits per heavy atom. The molecule has 0 unspecified atom stereocenters. The highest BCUT2D eigenvalue weighted by atomic mass is 32.2. The van der Waals surface area contributed by atoms with Crippen LogP contribution in [0.1, 0.15) is 19.8 Å². The summed E-state index contributed by atoms with van der Waals surface area (Å²) in [5, 5.41) is 0. The Bertz CT molecular complexity index is 212. The van der Waals surface area contributed by atoms with E-state index in [1.54, 1.807) is 0 Å². The minimum Gasteiger partial charge on any atom is -0.309 e. The molecule has 1 N–H and O–H groups in total. The van der Waals surface area contributed by atoms with Gasteiger partial charge in [0.1, 0.15) is 0 Å². The van der Waals surface area contributed by atoms with Gasteiger partial charge in [-0.2, -0.15) is 0 Å². The number of nitrogens with zero attached hydrogens (tertiary/aromatic N) is 1. The first kappa shape index (κ1) is 12.9. The normalized spacial score (nSPS) is 12.3. The molecule has 0 aromatic carbocycles. The van der Waals surface area contributed by atoms with Gasteiger partial charge in [0.25, 0.3) is 0 Å². The van der Waals surface area contributed by atoms with Crippen molar-refractivity contribution in [3.05, 3.63) is 0 Å². The quantitative estimate of drug-likeness (QED) is 0.611. The molecule has 80 valence electrons. The maximum absolute atomic E-state index is 11.2. The third-order valence-corrected chi connectivity index (χ3v) is 3.17. The lowest BCUT2D eigenvalue weighted by molar-refractivity contribution is 0.400. The van der Waals surface area contributed by atoms with Crippen molar-refractivity contribution in [2.45, 2.75) is 19.8 Å². The SMILES string of the molecule is CCCS(=O)(=O)NCCCN(C)C. The van der Waals surface area contributed by atoms with E-state index < -0.39 is 10.0 Å². The van der Waals surface area contributed by atoms with Gasteiger partial charge in [0.2, 0.25) is 10.0 Å². The van der Waals surface area contributed by atoms with Gasteiger partial charge in [-0.1, -0.05) is 6.92 Å². The van der Waals surface area contributed by atoms with Crippen LogP contribution < -0.4 is 4.72 Å². The molecule has 0 fully saturated rings. The second-order valence-electron chi connectivity index (χ2n) is 3.37. The number of hydrogen-bond acceptors (Lipinski definition) is 3. The maximum Gasteiger partial charge on any atom is 0.211 e. The van der Waals surface area contributed by atoms with E-state index in [0.29, 0.717) is 13.0 Å². The van der Waals surface area contributed by atoms with Crippen LogP contribution in [0.3, 0.4) is 0 Å². The Balaban J connectivity index is 3.53. The average Bonchev–Trinajstić information content (AvgIpc) is 1.98. The molecule has 0 rings (SSSR count). The molecule has 0 aromatic rings. The van der Waals surface area contributed by atoms with E-state index in [9.17, 15) is 8.42 Å². The van der Waals surface area contributed by atoms with Crippen molar-refractivity contribution in [3.8, 4) is 0 Å². The topological polar surface area (TPSA) is 49.4 Å². The first-order valence-corrected chi connectivity index (χ1v) is 6.25. The molecular weight excluding hydrogens is 188 g/mol. The summed E-state index contributed by atoms with van der Waals surface area (Å²) < 4.78 is 24.9. The Kier molecular flexibility index (Phi) is 6.28. The summed E-state index contributed by atoms with van der Waals surface area (Å²) in [6, 6.07) is 0. The predicted molar refractivity (Wildman–Crippen MR) is 55.3 cm³/mol. The van der Waals surface area contributed by atoms with Crippen LogP contribution in [-0.2, 0) is 10.0 Å². The van der Waals surface area contributed by atoms with Crippen molar-refractivity contribution < 1.29 is 8.42 Å². The van der Waals surface area contributed by atoms with Crippen LogP contribution in [0.5, 0.6) is 0 Å². The second-order valence-corrected chi connectivity index (χ2v) is 5.30. The van der Waals surface area contributed by atoms with Gasteiger partial charge in [0.05, 0.1) is 5.75 Å². The van der Waals surface area contributed by atoms with Gasteiger partial charge in [-0.25, -0.2) is 13.1 Å². The third-order valence-electron chi connectivity index (χ3n) is 1.58. The molecule has 0 amide bonds. The third kappa shape index (κ3) is 8.21. The van der Waals surface area contributed by atoms with E-state index >= 15 is 0 Å². The minimum atomic E-state index is -3.00. The zero-order valence-corrected chi connectivity index (χ0v) is 9.52. The van der Waals surface area contributed by atoms with Crippen LogP contribution in [0.2, 0.25) is 0 Å². The van der Waals surface area contributed by atoms with Gasteiger partial charge in [0, 0.05) is 6.54 Å². The fraction of sp³-hybridized carbons (Fsp3) is 1.00. The highest BCUT2D eigenvalue weighted by molar-refractivity contribution is 7.89. The fourth-order valence-electron chi connectivity index (χ4n) is 0.964. The van der Waals surface area contributed by atoms with Crippen LogP contribution in [0.25, 0.3) is 0 Å². The van der Waals surface area contributed by atoms with Gasteiger partial charge < -0.3 is 4.90 Å². The average molecular weight is 208 g/mol. The lowest BCUT2D eigenvalue weighted by atomic mass is 10.4. The van der Waals surface area contributed by atoms with Gasteiger partial charge >= 0.3 is 0 Å². The molecule has 0 saturated heterocycles. The van der Waals surface area contributed by atoms with Crippen molar-refractivity contribution in [3.63, 3.8) is 0 Å². The van der Waals surface area contributed by atoms with Crippen LogP contribution in [0.4, 0.5) is 0 Å². The lowest BCUT2D eigenvalue weighted by Crippen LogP contribution is -2.29. The van der Waals surface area contributed by atoms with E-state index in [-0.39, 0.29) is 5.75 Å². The number of sulfonamides is 1. The first-order chi connectivity index (χ1) is 5.98. The molecule has 13 heavy (non-hydrogen) atoms. The molecule has 5 heteroatoms. The summed E-state index contributed by atoms with van der Waals surface area (Å²) in [7, 11) is 0.947. The zero-order chi connectivity index (χ0) is 10.3. The molecule has 0 bridgehead atoms. The molecule has 0 radical (unpaired) electrons. The lowest BCUT2D eigenvalue weighted by Gasteiger charge is -2.09. The summed E-state index contributed by atoms with van der Waals surface area (Å²) >= 11 is 0. The van der Waals surface area contributed by atoms with Crippen LogP contribution in [-0.4, -0.2) is 46.3 Å². The van der Waals surface area contributed by atoms with E-state index in [4.69, 9.17) is 0 Å². The number of rotatable bonds is 7. The van der Waals surface area contributed by atoms with E-state index in [1.165, 1.54) is 0 Å². The number of hydrogen-bond donors (Lipinski definition) is 1. The summed E-state index contributed by atoms with van der Waals surface area (Å²) in [6.07, 6.45) is 1.53. The van der Waals surface area contributed by atoms with Crippen LogP contribution in [0.15, 0.2) is 0 Å². The first-order valence-electron chi connectivity index (χ1n) is 4.60. The number of nitrogens with one attached hydrogen (secondary N) is 1. The smallest absolute Gasteiger partial charge is 0.211 e. The van der Waals surface area contributed by atoms with E-state index in [1.807, 2.05) is 25.9 Å². The van der Waals surface area contributed by atoms with Crippen LogP contribution >= 0.6 is 0 Å². The summed E-state index contributed by atoms with van der Waals surface area (Å²) in [4.78, 5) is 2.04. The summed E-state index contributed by atoms with van der Waals surface area (Å²) in [6.45, 7) is 3.31. The highest BCUT2D eigenvalue weighted by Crippen LogP contribution is 1.89. The molecule has 0 atom stereocenters. The molecule has 4 nitrogen and oxygen atoms in total. The predicted octanol–water partition coefficient (Wildman–Crippen LogP) is 0.268. The van der Waals surface area contributed by atoms with E-state index in [0.717, 1.165) is 13.0 Å². The molecular formula is C8H20N2O2S. The largest absolute Gasteiger partial charge is 0.309 e. The Morgan fingerprint density at radius 3 is 2.38 bits per heavy atom. The van der Waals surface area contributed by atoms with Gasteiger partial charge in [-0.15, -0.1) is 0 Å². The molecule has 0 aliphatic heterocycles. The summed E-state index contributed by atoms with van der Waals surface area (Å²) in [5.41, 5.74) is 0. The van der Waals surface area contributed by atoms with Crippen molar-refractivity contribution in [1.82, 2.24) is 9.62 Å². The molecule has 0 heterocycles. The van der Waals surface area contributed by atoms with E-state index in [2.05, 4.69) is 4.72 Å². The second kappa shape index (κ2) is 6.34. The summed E-state index contributed by atoms with van der Waals surface area (Å²) in [5.74, 6) is 0.231.